The number of halogens is 3. The first-order valence-corrected chi connectivity index (χ1v) is 17.4. The molecule has 0 bridgehead atoms. The molecule has 3 rings (SSSR count). The zero-order valence-corrected chi connectivity index (χ0v) is 29.4. The van der Waals surface area contributed by atoms with Crippen molar-refractivity contribution in [1.29, 1.82) is 0 Å². The van der Waals surface area contributed by atoms with E-state index >= 15 is 0 Å². The second kappa shape index (κ2) is 22.3. The van der Waals surface area contributed by atoms with E-state index in [1.54, 1.807) is 30.3 Å². The number of benzene rings is 2. The van der Waals surface area contributed by atoms with Gasteiger partial charge in [-0.3, -0.25) is 9.59 Å². The van der Waals surface area contributed by atoms with Gasteiger partial charge < -0.3 is 39.7 Å². The van der Waals surface area contributed by atoms with Gasteiger partial charge in [-0.1, -0.05) is 42.5 Å². The molecule has 0 saturated heterocycles. The van der Waals surface area contributed by atoms with E-state index in [-0.39, 0.29) is 75.4 Å². The molecule has 14 nitrogen and oxygen atoms in total. The fourth-order valence-corrected chi connectivity index (χ4v) is 5.58. The Balaban J connectivity index is 1.29. The first kappa shape index (κ1) is 43.4. The van der Waals surface area contributed by atoms with Crippen LogP contribution in [0.5, 0.6) is 11.5 Å². The van der Waals surface area contributed by atoms with Crippen molar-refractivity contribution in [2.75, 3.05) is 26.4 Å². The normalized spacial score (nSPS) is 19.1. The van der Waals surface area contributed by atoms with E-state index in [0.717, 1.165) is 17.7 Å². The second-order valence-corrected chi connectivity index (χ2v) is 12.5. The summed E-state index contributed by atoms with van der Waals surface area (Å²) in [6.45, 7) is -0.727. The molecule has 2 aromatic rings. The maximum atomic E-state index is 12.9. The third-order valence-electron chi connectivity index (χ3n) is 8.36. The average Bonchev–Trinajstić information content (AvgIpc) is 3.40. The second-order valence-electron chi connectivity index (χ2n) is 12.5. The van der Waals surface area contributed by atoms with Crippen molar-refractivity contribution in [2.45, 2.75) is 75.9 Å². The summed E-state index contributed by atoms with van der Waals surface area (Å²) >= 11 is 0. The van der Waals surface area contributed by atoms with Crippen LogP contribution in [0.1, 0.15) is 56.1 Å². The molecule has 2 aromatic carbocycles. The van der Waals surface area contributed by atoms with Crippen molar-refractivity contribution in [3.63, 3.8) is 0 Å². The smallest absolute Gasteiger partial charge is 0.416 e. The number of hydrogen-bond donors (Lipinski definition) is 4. The standard InChI is InChI=1S/C37H45F3N2O12/c38-37(39,40)26-7-5-8-29(21-26)52-24-27(43)14-17-31-30(32(44)22-33(31)45)9-3-1-2-4-10-34(46)41-23-36(48)54-28-15-12-25(13-16-28)18-20-51-35(47)11-6-19-53-42(49)50/h1,3,5,7-8,12-17,21,27,30-33,43-45H,2,4,6,9-11,18-20,22-24H2,(H,41,46)/b3-1-,17-14+/t27-,30-,31-,32+,33-/m1/s1. The lowest BCUT2D eigenvalue weighted by atomic mass is 9.89. The van der Waals surface area contributed by atoms with Gasteiger partial charge in [-0.25, -0.2) is 4.79 Å². The van der Waals surface area contributed by atoms with Crippen LogP contribution in [0, 0.1) is 22.0 Å². The Morgan fingerprint density at radius 2 is 1.74 bits per heavy atom. The quantitative estimate of drug-likeness (QED) is 0.0332. The summed E-state index contributed by atoms with van der Waals surface area (Å²) in [6, 6.07) is 10.8. The lowest BCUT2D eigenvalue weighted by Crippen LogP contribution is -2.31. The summed E-state index contributed by atoms with van der Waals surface area (Å²) in [5.41, 5.74) is -0.0569. The van der Waals surface area contributed by atoms with Gasteiger partial charge in [0, 0.05) is 31.6 Å². The molecule has 4 N–H and O–H groups in total. The largest absolute Gasteiger partial charge is 0.491 e. The Hall–Kier alpha value is -5.00. The molecule has 0 heterocycles. The van der Waals surface area contributed by atoms with Crippen LogP contribution in [-0.2, 0) is 36.6 Å². The maximum Gasteiger partial charge on any atom is 0.416 e. The number of carbonyl (C=O) groups excluding carboxylic acids is 3. The lowest BCUT2D eigenvalue weighted by molar-refractivity contribution is -0.757. The van der Waals surface area contributed by atoms with E-state index in [1.165, 1.54) is 18.2 Å². The molecular formula is C37H45F3N2O12. The molecule has 1 aliphatic carbocycles. The predicted molar refractivity (Wildman–Crippen MR) is 185 cm³/mol. The van der Waals surface area contributed by atoms with Crippen molar-refractivity contribution in [3.05, 3.63) is 94.1 Å². The molecular weight excluding hydrogens is 721 g/mol. The molecule has 1 amide bonds. The Bertz CT molecular complexity index is 1570. The molecule has 0 radical (unpaired) electrons. The highest BCUT2D eigenvalue weighted by Crippen LogP contribution is 2.36. The first-order chi connectivity index (χ1) is 25.7. The van der Waals surface area contributed by atoms with Gasteiger partial charge in [-0.15, -0.1) is 10.1 Å². The summed E-state index contributed by atoms with van der Waals surface area (Å²) in [4.78, 5) is 50.3. The summed E-state index contributed by atoms with van der Waals surface area (Å²) < 4.78 is 54.4. The molecule has 5 atom stereocenters. The van der Waals surface area contributed by atoms with Gasteiger partial charge in [0.25, 0.3) is 5.09 Å². The average molecular weight is 767 g/mol. The van der Waals surface area contributed by atoms with Crippen molar-refractivity contribution in [3.8, 4) is 11.5 Å². The van der Waals surface area contributed by atoms with Gasteiger partial charge in [0.05, 0.1) is 31.0 Å². The molecule has 1 fully saturated rings. The van der Waals surface area contributed by atoms with Crippen molar-refractivity contribution < 1.29 is 67.0 Å². The van der Waals surface area contributed by atoms with E-state index in [2.05, 4.69) is 10.2 Å². The molecule has 1 aliphatic rings. The van der Waals surface area contributed by atoms with Crippen LogP contribution in [0.15, 0.2) is 72.8 Å². The number of carbonyl (C=O) groups is 3. The summed E-state index contributed by atoms with van der Waals surface area (Å²) in [5, 5.41) is 42.9. The number of allylic oxidation sites excluding steroid dienone is 2. The van der Waals surface area contributed by atoms with E-state index in [4.69, 9.17) is 14.2 Å². The van der Waals surface area contributed by atoms with Crippen LogP contribution in [0.25, 0.3) is 0 Å². The maximum absolute atomic E-state index is 12.9. The number of hydrogen-bond acceptors (Lipinski definition) is 12. The van der Waals surface area contributed by atoms with Gasteiger partial charge in [-0.2, -0.15) is 13.2 Å². The van der Waals surface area contributed by atoms with Gasteiger partial charge in [0.15, 0.2) is 0 Å². The van der Waals surface area contributed by atoms with Crippen LogP contribution in [0.2, 0.25) is 0 Å². The molecule has 17 heteroatoms. The van der Waals surface area contributed by atoms with E-state index < -0.39 is 53.0 Å². The SMILES string of the molecule is O=C(CCC/C=C\C[C@@H]1[C@@H](/C=C/[C@@H](O)COc2cccc(C(F)(F)F)c2)[C@H](O)C[C@@H]1O)NCC(=O)Oc1ccc(CCOC(=O)CCCO[N+](=O)[O-])cc1. The minimum absolute atomic E-state index is 0.00932. The minimum atomic E-state index is -4.53. The number of nitrogens with one attached hydrogen (secondary N) is 1. The molecule has 0 aliphatic heterocycles. The summed E-state index contributed by atoms with van der Waals surface area (Å²) in [6.07, 6.45) is 1.64. The zero-order chi connectivity index (χ0) is 39.5. The molecule has 0 aromatic heterocycles. The van der Waals surface area contributed by atoms with Gasteiger partial charge in [0.2, 0.25) is 5.91 Å². The predicted octanol–water partition coefficient (Wildman–Crippen LogP) is 4.27. The third-order valence-corrected chi connectivity index (χ3v) is 8.36. The van der Waals surface area contributed by atoms with E-state index in [1.807, 2.05) is 12.2 Å². The highest BCUT2D eigenvalue weighted by atomic mass is 19.4. The number of amides is 1. The van der Waals surface area contributed by atoms with Crippen LogP contribution in [-0.4, -0.2) is 82.9 Å². The fraction of sp³-hybridized carbons (Fsp3) is 0.486. The number of alkyl halides is 3. The monoisotopic (exact) mass is 766 g/mol. The van der Waals surface area contributed by atoms with Crippen LogP contribution < -0.4 is 14.8 Å². The highest BCUT2D eigenvalue weighted by Gasteiger charge is 2.39. The highest BCUT2D eigenvalue weighted by molar-refractivity contribution is 5.82. The number of aliphatic hydroxyl groups is 3. The van der Waals surface area contributed by atoms with Crippen LogP contribution >= 0.6 is 0 Å². The number of unbranched alkanes of at least 4 members (excludes halogenated alkanes) is 1. The Morgan fingerprint density at radius 3 is 2.46 bits per heavy atom. The fourth-order valence-electron chi connectivity index (χ4n) is 5.58. The van der Waals surface area contributed by atoms with Gasteiger partial charge in [0.1, 0.15) is 30.8 Å². The molecule has 54 heavy (non-hydrogen) atoms. The topological polar surface area (TPSA) is 204 Å². The first-order valence-electron chi connectivity index (χ1n) is 17.4. The van der Waals surface area contributed by atoms with Gasteiger partial charge in [-0.05, 0) is 67.5 Å². The van der Waals surface area contributed by atoms with Crippen molar-refractivity contribution >= 4 is 17.8 Å². The molecule has 0 unspecified atom stereocenters. The van der Waals surface area contributed by atoms with E-state index in [0.29, 0.717) is 25.7 Å². The zero-order valence-electron chi connectivity index (χ0n) is 29.4. The Kier molecular flexibility index (Phi) is 17.9. The lowest BCUT2D eigenvalue weighted by Gasteiger charge is -2.19. The number of aliphatic hydroxyl groups excluding tert-OH is 3. The van der Waals surface area contributed by atoms with Crippen molar-refractivity contribution in [1.82, 2.24) is 5.32 Å². The summed E-state index contributed by atoms with van der Waals surface area (Å²) in [5.74, 6) is -2.11. The van der Waals surface area contributed by atoms with Crippen LogP contribution in [0.4, 0.5) is 13.2 Å². The molecule has 0 spiro atoms. The third kappa shape index (κ3) is 16.3. The molecule has 1 saturated carbocycles. The Morgan fingerprint density at radius 1 is 0.981 bits per heavy atom. The summed E-state index contributed by atoms with van der Waals surface area (Å²) in [7, 11) is 0. The van der Waals surface area contributed by atoms with E-state index in [9.17, 15) is 53.0 Å². The number of esters is 2. The number of ether oxygens (including phenoxy) is 3. The number of rotatable bonds is 22. The van der Waals surface area contributed by atoms with Crippen LogP contribution in [0.3, 0.4) is 0 Å². The minimum Gasteiger partial charge on any atom is -0.491 e. The number of nitrogens with zero attached hydrogens (tertiary/aromatic N) is 1. The molecule has 296 valence electrons. The van der Waals surface area contributed by atoms with Gasteiger partial charge >= 0.3 is 18.1 Å². The van der Waals surface area contributed by atoms with Crippen molar-refractivity contribution in [2.24, 2.45) is 11.8 Å². The Labute approximate surface area is 309 Å².